The Morgan fingerprint density at radius 2 is 1.52 bits per heavy atom. The van der Waals surface area contributed by atoms with Crippen molar-refractivity contribution in [1.29, 1.82) is 0 Å². The summed E-state index contributed by atoms with van der Waals surface area (Å²) in [5.41, 5.74) is 1.41. The normalized spacial score (nSPS) is 11.0. The topological polar surface area (TPSA) is 104 Å². The molecule has 2 aromatic rings. The van der Waals surface area contributed by atoms with E-state index in [2.05, 4.69) is 5.32 Å². The van der Waals surface area contributed by atoms with Crippen molar-refractivity contribution < 1.29 is 23.1 Å². The van der Waals surface area contributed by atoms with Crippen LogP contribution in [0, 0.1) is 0 Å². The van der Waals surface area contributed by atoms with Crippen molar-refractivity contribution >= 4 is 33.3 Å². The Morgan fingerprint density at radius 1 is 1.00 bits per heavy atom. The van der Waals surface area contributed by atoms with Crippen LogP contribution >= 0.6 is 0 Å². The van der Waals surface area contributed by atoms with E-state index in [9.17, 15) is 18.0 Å². The van der Waals surface area contributed by atoms with Crippen molar-refractivity contribution in [3.8, 4) is 0 Å². The first-order valence-corrected chi connectivity index (χ1v) is 9.07. The lowest BCUT2D eigenvalue weighted by atomic mass is 10.1. The number of sulfonamides is 1. The van der Waals surface area contributed by atoms with Crippen LogP contribution < -0.4 is 9.62 Å². The van der Waals surface area contributed by atoms with E-state index in [0.717, 1.165) is 0 Å². The lowest BCUT2D eigenvalue weighted by Crippen LogP contribution is -2.28. The van der Waals surface area contributed by atoms with E-state index in [4.69, 9.17) is 5.11 Å². The van der Waals surface area contributed by atoms with Crippen molar-refractivity contribution in [3.63, 3.8) is 0 Å². The average Bonchev–Trinajstić information content (AvgIpc) is 2.61. The monoisotopic (exact) mass is 362 g/mol. The van der Waals surface area contributed by atoms with Crippen molar-refractivity contribution in [2.45, 2.75) is 6.92 Å². The van der Waals surface area contributed by atoms with Crippen LogP contribution in [-0.2, 0) is 10.0 Å². The van der Waals surface area contributed by atoms with Crippen LogP contribution in [0.25, 0.3) is 0 Å². The largest absolute Gasteiger partial charge is 0.478 e. The minimum Gasteiger partial charge on any atom is -0.478 e. The Balaban J connectivity index is 2.11. The summed E-state index contributed by atoms with van der Waals surface area (Å²) in [5.74, 6) is -1.44. The summed E-state index contributed by atoms with van der Waals surface area (Å²) in [5, 5.41) is 11.5. The number of anilines is 2. The highest BCUT2D eigenvalue weighted by molar-refractivity contribution is 7.92. The van der Waals surface area contributed by atoms with Gasteiger partial charge in [-0.3, -0.25) is 9.10 Å². The maximum absolute atomic E-state index is 12.2. The van der Waals surface area contributed by atoms with Gasteiger partial charge >= 0.3 is 5.97 Å². The third-order valence-electron chi connectivity index (χ3n) is 3.66. The van der Waals surface area contributed by atoms with Crippen molar-refractivity contribution in [2.75, 3.05) is 22.4 Å². The molecule has 0 saturated carbocycles. The quantitative estimate of drug-likeness (QED) is 0.821. The first-order valence-electron chi connectivity index (χ1n) is 7.46. The second kappa shape index (κ2) is 7.35. The second-order valence-electron chi connectivity index (χ2n) is 5.25. The number of amides is 1. The maximum Gasteiger partial charge on any atom is 0.335 e. The van der Waals surface area contributed by atoms with Gasteiger partial charge in [0, 0.05) is 18.3 Å². The molecule has 0 aliphatic heterocycles. The molecule has 0 aromatic heterocycles. The van der Waals surface area contributed by atoms with Gasteiger partial charge in [0.2, 0.25) is 10.0 Å². The van der Waals surface area contributed by atoms with Gasteiger partial charge in [0.05, 0.1) is 17.0 Å². The molecule has 0 radical (unpaired) electrons. The Hall–Kier alpha value is -2.87. The number of carbonyl (C=O) groups is 2. The molecule has 1 amide bonds. The Bertz CT molecular complexity index is 874. The van der Waals surface area contributed by atoms with Gasteiger partial charge in [-0.25, -0.2) is 13.2 Å². The van der Waals surface area contributed by atoms with Gasteiger partial charge in [-0.1, -0.05) is 0 Å². The van der Waals surface area contributed by atoms with E-state index in [1.807, 2.05) is 0 Å². The number of carboxylic acid groups (broad SMARTS) is 1. The van der Waals surface area contributed by atoms with E-state index in [-0.39, 0.29) is 17.2 Å². The van der Waals surface area contributed by atoms with E-state index >= 15 is 0 Å². The summed E-state index contributed by atoms with van der Waals surface area (Å²) in [6.07, 6.45) is 0. The summed E-state index contributed by atoms with van der Waals surface area (Å²) < 4.78 is 24.8. The van der Waals surface area contributed by atoms with Crippen molar-refractivity contribution in [1.82, 2.24) is 0 Å². The van der Waals surface area contributed by atoms with Gasteiger partial charge in [0.25, 0.3) is 5.91 Å². The van der Waals surface area contributed by atoms with E-state index in [1.54, 1.807) is 19.1 Å². The zero-order valence-corrected chi connectivity index (χ0v) is 14.6. The molecule has 0 aliphatic carbocycles. The zero-order chi connectivity index (χ0) is 18.6. The highest BCUT2D eigenvalue weighted by atomic mass is 32.2. The molecule has 2 rings (SSSR count). The maximum atomic E-state index is 12.2. The Labute approximate surface area is 146 Å². The van der Waals surface area contributed by atoms with Crippen LogP contribution in [0.15, 0.2) is 48.5 Å². The molecule has 25 heavy (non-hydrogen) atoms. The number of aromatic carboxylic acids is 1. The molecule has 0 bridgehead atoms. The molecule has 0 spiro atoms. The fourth-order valence-corrected chi connectivity index (χ4v) is 2.91. The molecule has 7 nitrogen and oxygen atoms in total. The zero-order valence-electron chi connectivity index (χ0n) is 13.8. The summed E-state index contributed by atoms with van der Waals surface area (Å²) >= 11 is 0. The summed E-state index contributed by atoms with van der Waals surface area (Å²) in [7, 11) is -1.90. The first kappa shape index (κ1) is 18.5. The lowest BCUT2D eigenvalue weighted by molar-refractivity contribution is 0.0696. The van der Waals surface area contributed by atoms with Gasteiger partial charge in [-0.15, -0.1) is 0 Å². The SMILES string of the molecule is CCS(=O)(=O)N(C)c1ccc(C(=O)Nc2ccc(C(=O)O)cc2)cc1. The van der Waals surface area contributed by atoms with Gasteiger partial charge in [0.15, 0.2) is 0 Å². The molecule has 0 saturated heterocycles. The molecule has 2 N–H and O–H groups in total. The van der Waals surface area contributed by atoms with Crippen molar-refractivity contribution in [2.24, 2.45) is 0 Å². The van der Waals surface area contributed by atoms with E-state index < -0.39 is 16.0 Å². The van der Waals surface area contributed by atoms with Gasteiger partial charge < -0.3 is 10.4 Å². The molecule has 0 unspecified atom stereocenters. The number of carbonyl (C=O) groups excluding carboxylic acids is 1. The number of nitrogens with one attached hydrogen (secondary N) is 1. The predicted octanol–water partition coefficient (Wildman–Crippen LogP) is 2.42. The van der Waals surface area contributed by atoms with Crippen LogP contribution in [0.5, 0.6) is 0 Å². The number of hydrogen-bond acceptors (Lipinski definition) is 4. The van der Waals surface area contributed by atoms with Crippen molar-refractivity contribution in [3.05, 3.63) is 59.7 Å². The standard InChI is InChI=1S/C17H18N2O5S/c1-3-25(23,24)19(2)15-10-6-12(7-11-15)16(20)18-14-8-4-13(5-9-14)17(21)22/h4-11H,3H2,1-2H3,(H,18,20)(H,21,22). The highest BCUT2D eigenvalue weighted by Crippen LogP contribution is 2.18. The van der Waals surface area contributed by atoms with Crippen LogP contribution in [0.3, 0.4) is 0 Å². The van der Waals surface area contributed by atoms with E-state index in [1.165, 1.54) is 47.8 Å². The van der Waals surface area contributed by atoms with E-state index in [0.29, 0.717) is 16.9 Å². The highest BCUT2D eigenvalue weighted by Gasteiger charge is 2.16. The number of rotatable bonds is 6. The minimum atomic E-state index is -3.36. The van der Waals surface area contributed by atoms with Gasteiger partial charge in [0.1, 0.15) is 0 Å². The predicted molar refractivity (Wildman–Crippen MR) is 95.7 cm³/mol. The third-order valence-corrected chi connectivity index (χ3v) is 5.44. The Morgan fingerprint density at radius 3 is 2.00 bits per heavy atom. The second-order valence-corrected chi connectivity index (χ2v) is 7.54. The molecule has 2 aromatic carbocycles. The third kappa shape index (κ3) is 4.36. The van der Waals surface area contributed by atoms with Gasteiger partial charge in [-0.05, 0) is 55.5 Å². The number of nitrogens with zero attached hydrogens (tertiary/aromatic N) is 1. The number of benzene rings is 2. The van der Waals surface area contributed by atoms with Crippen LogP contribution in [-0.4, -0.2) is 38.2 Å². The molecular formula is C17H18N2O5S. The fraction of sp³-hybridized carbons (Fsp3) is 0.176. The summed E-state index contributed by atoms with van der Waals surface area (Å²) in [6, 6.07) is 11.9. The lowest BCUT2D eigenvalue weighted by Gasteiger charge is -2.18. The molecule has 8 heteroatoms. The Kier molecular flexibility index (Phi) is 5.43. The summed E-state index contributed by atoms with van der Waals surface area (Å²) in [6.45, 7) is 1.56. The van der Waals surface area contributed by atoms with Crippen LogP contribution in [0.4, 0.5) is 11.4 Å². The molecule has 0 atom stereocenters. The van der Waals surface area contributed by atoms with Crippen LogP contribution in [0.1, 0.15) is 27.6 Å². The molecule has 0 heterocycles. The minimum absolute atomic E-state index is 0.0158. The number of carboxylic acids is 1. The molecule has 132 valence electrons. The summed E-state index contributed by atoms with van der Waals surface area (Å²) in [4.78, 5) is 23.0. The van der Waals surface area contributed by atoms with Crippen LogP contribution in [0.2, 0.25) is 0 Å². The first-order chi connectivity index (χ1) is 11.7. The number of hydrogen-bond donors (Lipinski definition) is 2. The fourth-order valence-electron chi connectivity index (χ4n) is 2.08. The average molecular weight is 362 g/mol. The van der Waals surface area contributed by atoms with Gasteiger partial charge in [-0.2, -0.15) is 0 Å². The molecule has 0 fully saturated rings. The smallest absolute Gasteiger partial charge is 0.335 e. The molecular weight excluding hydrogens is 344 g/mol. The molecule has 0 aliphatic rings.